The predicted molar refractivity (Wildman–Crippen MR) is 83.5 cm³/mol. The molecule has 0 saturated heterocycles. The zero-order valence-electron chi connectivity index (χ0n) is 12.7. The maximum absolute atomic E-state index is 12.6. The first-order chi connectivity index (χ1) is 9.29. The maximum atomic E-state index is 12.6. The number of rotatable bonds is 4. The minimum atomic E-state index is -0.564. The van der Waals surface area contributed by atoms with Crippen LogP contribution in [0.3, 0.4) is 0 Å². The molecule has 1 N–H and O–H groups in total. The fraction of sp³-hybridized carbons (Fsp3) is 0.353. The molecule has 1 aromatic carbocycles. The standard InChI is InChI=1S/C17H23NO2/c1-6-10-15(19)13(2)18(16(20)17(3,4)5)14-11-8-7-9-12-14/h7-12,19H,2,6H2,1,3-5H3/b15-10-. The monoisotopic (exact) mass is 273 g/mol. The van der Waals surface area contributed by atoms with Crippen LogP contribution in [-0.4, -0.2) is 11.0 Å². The van der Waals surface area contributed by atoms with Crippen LogP contribution in [0.25, 0.3) is 0 Å². The van der Waals surface area contributed by atoms with E-state index in [9.17, 15) is 9.90 Å². The van der Waals surface area contributed by atoms with Crippen LogP contribution >= 0.6 is 0 Å². The van der Waals surface area contributed by atoms with E-state index in [-0.39, 0.29) is 11.7 Å². The van der Waals surface area contributed by atoms with E-state index in [4.69, 9.17) is 0 Å². The summed E-state index contributed by atoms with van der Waals surface area (Å²) in [6.45, 7) is 11.3. The zero-order valence-corrected chi connectivity index (χ0v) is 12.7. The lowest BCUT2D eigenvalue weighted by Gasteiger charge is -2.30. The summed E-state index contributed by atoms with van der Waals surface area (Å²) in [5.74, 6) is -0.0706. The molecule has 20 heavy (non-hydrogen) atoms. The fourth-order valence-electron chi connectivity index (χ4n) is 1.73. The van der Waals surface area contributed by atoms with Gasteiger partial charge in [-0.3, -0.25) is 9.69 Å². The number of carbonyl (C=O) groups is 1. The SMILES string of the molecule is C=C(/C(O)=C/CC)N(C(=O)C(C)(C)C)c1ccccc1. The Labute approximate surface area is 121 Å². The van der Waals surface area contributed by atoms with Gasteiger partial charge in [-0.1, -0.05) is 52.5 Å². The molecular weight excluding hydrogens is 250 g/mol. The van der Waals surface area contributed by atoms with Gasteiger partial charge in [0.2, 0.25) is 5.91 Å². The van der Waals surface area contributed by atoms with E-state index >= 15 is 0 Å². The average Bonchev–Trinajstić information content (AvgIpc) is 2.39. The number of benzene rings is 1. The van der Waals surface area contributed by atoms with E-state index in [1.54, 1.807) is 6.08 Å². The Balaban J connectivity index is 3.26. The van der Waals surface area contributed by atoms with Gasteiger partial charge in [0, 0.05) is 11.1 Å². The fourth-order valence-corrected chi connectivity index (χ4v) is 1.73. The third-order valence-corrected chi connectivity index (χ3v) is 2.82. The third-order valence-electron chi connectivity index (χ3n) is 2.82. The number of anilines is 1. The van der Waals surface area contributed by atoms with E-state index in [0.29, 0.717) is 17.8 Å². The first-order valence-electron chi connectivity index (χ1n) is 6.77. The number of hydrogen-bond acceptors (Lipinski definition) is 2. The molecule has 108 valence electrons. The zero-order chi connectivity index (χ0) is 15.3. The van der Waals surface area contributed by atoms with E-state index in [0.717, 1.165) is 0 Å². The molecule has 3 heteroatoms. The minimum Gasteiger partial charge on any atom is -0.506 e. The second-order valence-electron chi connectivity index (χ2n) is 5.67. The summed E-state index contributed by atoms with van der Waals surface area (Å²) in [6, 6.07) is 9.24. The number of nitrogens with zero attached hydrogens (tertiary/aromatic N) is 1. The molecule has 0 aliphatic rings. The number of aliphatic hydroxyl groups excluding tert-OH is 1. The molecule has 3 nitrogen and oxygen atoms in total. The Morgan fingerprint density at radius 1 is 1.30 bits per heavy atom. The number of hydrogen-bond donors (Lipinski definition) is 1. The highest BCUT2D eigenvalue weighted by Crippen LogP contribution is 2.28. The van der Waals surface area contributed by atoms with Crippen molar-refractivity contribution in [3.8, 4) is 0 Å². The molecule has 1 amide bonds. The second-order valence-corrected chi connectivity index (χ2v) is 5.67. The third kappa shape index (κ3) is 3.73. The van der Waals surface area contributed by atoms with Crippen LogP contribution in [-0.2, 0) is 4.79 Å². The van der Waals surface area contributed by atoms with Gasteiger partial charge >= 0.3 is 0 Å². The van der Waals surface area contributed by atoms with Crippen LogP contribution < -0.4 is 4.90 Å². The van der Waals surface area contributed by atoms with Gasteiger partial charge in [0.25, 0.3) is 0 Å². The first kappa shape index (κ1) is 16.0. The molecule has 0 aliphatic heterocycles. The molecule has 0 unspecified atom stereocenters. The van der Waals surface area contributed by atoms with Crippen molar-refractivity contribution in [1.82, 2.24) is 0 Å². The Hall–Kier alpha value is -2.03. The smallest absolute Gasteiger partial charge is 0.237 e. The van der Waals surface area contributed by atoms with E-state index < -0.39 is 5.41 Å². The van der Waals surface area contributed by atoms with Crippen molar-refractivity contribution in [3.63, 3.8) is 0 Å². The van der Waals surface area contributed by atoms with Crippen LogP contribution in [0.1, 0.15) is 34.1 Å². The molecule has 0 spiro atoms. The number of para-hydroxylation sites is 1. The van der Waals surface area contributed by atoms with Gasteiger partial charge in [-0.25, -0.2) is 0 Å². The molecule has 0 bridgehead atoms. The van der Waals surface area contributed by atoms with Gasteiger partial charge in [-0.15, -0.1) is 0 Å². The molecule has 1 aromatic rings. The van der Waals surface area contributed by atoms with Crippen molar-refractivity contribution in [2.45, 2.75) is 34.1 Å². The van der Waals surface area contributed by atoms with Crippen molar-refractivity contribution in [1.29, 1.82) is 0 Å². The van der Waals surface area contributed by atoms with Crippen LogP contribution in [0.2, 0.25) is 0 Å². The van der Waals surface area contributed by atoms with Gasteiger partial charge in [0.1, 0.15) is 5.76 Å². The minimum absolute atomic E-state index is 0.0361. The van der Waals surface area contributed by atoms with Crippen LogP contribution in [0.5, 0.6) is 0 Å². The maximum Gasteiger partial charge on any atom is 0.237 e. The molecule has 0 saturated carbocycles. The molecular formula is C17H23NO2. The Bertz CT molecular complexity index is 510. The van der Waals surface area contributed by atoms with Gasteiger partial charge in [-0.2, -0.15) is 0 Å². The summed E-state index contributed by atoms with van der Waals surface area (Å²) in [5.41, 5.74) is 0.442. The van der Waals surface area contributed by atoms with Gasteiger partial charge in [-0.05, 0) is 24.6 Å². The average molecular weight is 273 g/mol. The van der Waals surface area contributed by atoms with Gasteiger partial charge in [0.15, 0.2) is 0 Å². The lowest BCUT2D eigenvalue weighted by atomic mass is 9.94. The molecule has 0 aliphatic carbocycles. The van der Waals surface area contributed by atoms with Crippen molar-refractivity contribution in [2.24, 2.45) is 5.41 Å². The summed E-state index contributed by atoms with van der Waals surface area (Å²) in [4.78, 5) is 14.1. The number of aliphatic hydroxyl groups is 1. The second kappa shape index (κ2) is 6.42. The Morgan fingerprint density at radius 2 is 1.85 bits per heavy atom. The number of carbonyl (C=O) groups excluding carboxylic acids is 1. The quantitative estimate of drug-likeness (QED) is 0.651. The predicted octanol–water partition coefficient (Wildman–Crippen LogP) is 4.43. The molecule has 0 aromatic heterocycles. The highest BCUT2D eigenvalue weighted by atomic mass is 16.3. The molecule has 0 fully saturated rings. The normalized spacial score (nSPS) is 12.1. The van der Waals surface area contributed by atoms with Crippen molar-refractivity contribution >= 4 is 11.6 Å². The Kier molecular flexibility index (Phi) is 5.14. The van der Waals surface area contributed by atoms with Crippen LogP contribution in [0.4, 0.5) is 5.69 Å². The van der Waals surface area contributed by atoms with E-state index in [1.165, 1.54) is 4.90 Å². The summed E-state index contributed by atoms with van der Waals surface area (Å²) < 4.78 is 0. The van der Waals surface area contributed by atoms with Crippen LogP contribution in [0.15, 0.2) is 54.4 Å². The number of allylic oxidation sites excluding steroid dienone is 1. The Morgan fingerprint density at radius 3 is 2.30 bits per heavy atom. The van der Waals surface area contributed by atoms with Crippen LogP contribution in [0, 0.1) is 5.41 Å². The van der Waals surface area contributed by atoms with Gasteiger partial charge < -0.3 is 5.11 Å². The molecule has 0 atom stereocenters. The molecule has 0 heterocycles. The molecule has 0 radical (unpaired) electrons. The van der Waals surface area contributed by atoms with E-state index in [1.807, 2.05) is 58.0 Å². The highest BCUT2D eigenvalue weighted by Gasteiger charge is 2.30. The first-order valence-corrected chi connectivity index (χ1v) is 6.77. The van der Waals surface area contributed by atoms with Crippen molar-refractivity contribution in [3.05, 3.63) is 54.4 Å². The lowest BCUT2D eigenvalue weighted by molar-refractivity contribution is -0.125. The number of amides is 1. The van der Waals surface area contributed by atoms with Crippen molar-refractivity contribution < 1.29 is 9.90 Å². The van der Waals surface area contributed by atoms with Crippen molar-refractivity contribution in [2.75, 3.05) is 4.90 Å². The molecule has 1 rings (SSSR count). The van der Waals surface area contributed by atoms with E-state index in [2.05, 4.69) is 6.58 Å². The largest absolute Gasteiger partial charge is 0.506 e. The summed E-state index contributed by atoms with van der Waals surface area (Å²) in [6.07, 6.45) is 2.32. The van der Waals surface area contributed by atoms with Gasteiger partial charge in [0.05, 0.1) is 5.70 Å². The summed E-state index contributed by atoms with van der Waals surface area (Å²) in [5, 5.41) is 10.0. The summed E-state index contributed by atoms with van der Waals surface area (Å²) in [7, 11) is 0. The lowest BCUT2D eigenvalue weighted by Crippen LogP contribution is -2.39. The topological polar surface area (TPSA) is 40.5 Å². The highest BCUT2D eigenvalue weighted by molar-refractivity contribution is 6.00. The summed E-state index contributed by atoms with van der Waals surface area (Å²) >= 11 is 0.